The number of aromatic amines is 2. The first-order valence-corrected chi connectivity index (χ1v) is 6.80. The number of nitrogens with one attached hydrogen (secondary N) is 3. The molecule has 1 heterocycles. The van der Waals surface area contributed by atoms with Crippen molar-refractivity contribution in [3.05, 3.63) is 34.2 Å². The van der Waals surface area contributed by atoms with E-state index < -0.39 is 0 Å². The standard InChI is InChI=1S/C14H22N4O/c1-10(4-6-15)9-16-7-5-11-2-3-12-13(8-11)18-14(19)17-12/h2-3,8,10,16H,4-7,9,15H2,1H3,(H2,17,18,19). The number of benzene rings is 1. The van der Waals surface area contributed by atoms with Gasteiger partial charge in [0.05, 0.1) is 11.0 Å². The zero-order valence-electron chi connectivity index (χ0n) is 11.3. The molecule has 1 atom stereocenters. The molecule has 0 aliphatic rings. The van der Waals surface area contributed by atoms with E-state index in [1.807, 2.05) is 12.1 Å². The van der Waals surface area contributed by atoms with Gasteiger partial charge in [-0.3, -0.25) is 0 Å². The Hall–Kier alpha value is -1.59. The Morgan fingerprint density at radius 3 is 2.89 bits per heavy atom. The molecule has 0 amide bonds. The number of fused-ring (bicyclic) bond motifs is 1. The second-order valence-corrected chi connectivity index (χ2v) is 5.10. The lowest BCUT2D eigenvalue weighted by atomic mass is 10.1. The van der Waals surface area contributed by atoms with Crippen molar-refractivity contribution in [2.45, 2.75) is 19.8 Å². The molecule has 0 saturated heterocycles. The molecule has 19 heavy (non-hydrogen) atoms. The van der Waals surface area contributed by atoms with Crippen molar-refractivity contribution in [1.82, 2.24) is 15.3 Å². The van der Waals surface area contributed by atoms with Crippen molar-refractivity contribution >= 4 is 11.0 Å². The maximum absolute atomic E-state index is 11.2. The molecule has 0 aliphatic carbocycles. The third kappa shape index (κ3) is 3.94. The topological polar surface area (TPSA) is 86.7 Å². The molecule has 2 aromatic rings. The summed E-state index contributed by atoms with van der Waals surface area (Å²) >= 11 is 0. The highest BCUT2D eigenvalue weighted by Gasteiger charge is 2.02. The molecule has 1 unspecified atom stereocenters. The van der Waals surface area contributed by atoms with E-state index in [1.165, 1.54) is 5.56 Å². The molecule has 1 aromatic carbocycles. The van der Waals surface area contributed by atoms with Gasteiger partial charge in [0.15, 0.2) is 0 Å². The summed E-state index contributed by atoms with van der Waals surface area (Å²) in [5.74, 6) is 0.619. The number of hydrogen-bond donors (Lipinski definition) is 4. The van der Waals surface area contributed by atoms with Crippen LogP contribution in [0.4, 0.5) is 0 Å². The predicted octanol–water partition coefficient (Wildman–Crippen LogP) is 0.973. The summed E-state index contributed by atoms with van der Waals surface area (Å²) in [7, 11) is 0. The molecule has 0 radical (unpaired) electrons. The summed E-state index contributed by atoms with van der Waals surface area (Å²) in [4.78, 5) is 16.7. The van der Waals surface area contributed by atoms with Crippen molar-refractivity contribution in [3.8, 4) is 0 Å². The highest BCUT2D eigenvalue weighted by atomic mass is 16.1. The van der Waals surface area contributed by atoms with Gasteiger partial charge in [-0.2, -0.15) is 0 Å². The number of imidazole rings is 1. The minimum atomic E-state index is -0.152. The number of aromatic nitrogens is 2. The van der Waals surface area contributed by atoms with Crippen molar-refractivity contribution in [2.24, 2.45) is 11.7 Å². The lowest BCUT2D eigenvalue weighted by molar-refractivity contribution is 0.489. The van der Waals surface area contributed by atoms with E-state index in [1.54, 1.807) is 0 Å². The monoisotopic (exact) mass is 262 g/mol. The van der Waals surface area contributed by atoms with Gasteiger partial charge in [0.25, 0.3) is 0 Å². The van der Waals surface area contributed by atoms with Crippen LogP contribution in [0, 0.1) is 5.92 Å². The lowest BCUT2D eigenvalue weighted by Gasteiger charge is -2.11. The Kier molecular flexibility index (Phi) is 4.76. The highest BCUT2D eigenvalue weighted by Crippen LogP contribution is 2.10. The minimum absolute atomic E-state index is 0.152. The van der Waals surface area contributed by atoms with E-state index in [0.717, 1.165) is 43.5 Å². The maximum atomic E-state index is 11.2. The van der Waals surface area contributed by atoms with Crippen LogP contribution in [0.15, 0.2) is 23.0 Å². The summed E-state index contributed by atoms with van der Waals surface area (Å²) < 4.78 is 0. The molecule has 1 aromatic heterocycles. The van der Waals surface area contributed by atoms with Crippen LogP contribution in [-0.2, 0) is 6.42 Å². The van der Waals surface area contributed by atoms with E-state index in [4.69, 9.17) is 5.73 Å². The normalized spacial score (nSPS) is 12.9. The van der Waals surface area contributed by atoms with E-state index in [9.17, 15) is 4.79 Å². The van der Waals surface area contributed by atoms with Crippen molar-refractivity contribution in [1.29, 1.82) is 0 Å². The molecule has 0 saturated carbocycles. The Labute approximate surface area is 112 Å². The molecule has 5 nitrogen and oxygen atoms in total. The predicted molar refractivity (Wildman–Crippen MR) is 78.3 cm³/mol. The van der Waals surface area contributed by atoms with Crippen molar-refractivity contribution in [2.75, 3.05) is 19.6 Å². The molecule has 0 aliphatic heterocycles. The van der Waals surface area contributed by atoms with Gasteiger partial charge in [0, 0.05) is 0 Å². The zero-order chi connectivity index (χ0) is 13.7. The summed E-state index contributed by atoms with van der Waals surface area (Å²) in [6.07, 6.45) is 2.02. The van der Waals surface area contributed by atoms with E-state index in [2.05, 4.69) is 28.3 Å². The van der Waals surface area contributed by atoms with Gasteiger partial charge in [0.1, 0.15) is 0 Å². The van der Waals surface area contributed by atoms with Crippen LogP contribution in [0.5, 0.6) is 0 Å². The zero-order valence-corrected chi connectivity index (χ0v) is 11.3. The molecule has 0 bridgehead atoms. The molecule has 0 fully saturated rings. The van der Waals surface area contributed by atoms with Gasteiger partial charge < -0.3 is 21.0 Å². The molecular formula is C14H22N4O. The first-order valence-electron chi connectivity index (χ1n) is 6.80. The SMILES string of the molecule is CC(CCN)CNCCc1ccc2[nH]c(=O)[nH]c2c1. The summed E-state index contributed by atoms with van der Waals surface area (Å²) in [5, 5.41) is 3.44. The number of nitrogens with two attached hydrogens (primary N) is 1. The number of rotatable bonds is 7. The maximum Gasteiger partial charge on any atom is 0.323 e. The van der Waals surface area contributed by atoms with E-state index in [-0.39, 0.29) is 5.69 Å². The van der Waals surface area contributed by atoms with Gasteiger partial charge in [-0.15, -0.1) is 0 Å². The largest absolute Gasteiger partial charge is 0.330 e. The van der Waals surface area contributed by atoms with Crippen LogP contribution in [0.25, 0.3) is 11.0 Å². The third-order valence-corrected chi connectivity index (χ3v) is 3.32. The van der Waals surface area contributed by atoms with Crippen molar-refractivity contribution < 1.29 is 0 Å². The van der Waals surface area contributed by atoms with Crippen LogP contribution in [0.3, 0.4) is 0 Å². The van der Waals surface area contributed by atoms with Crippen LogP contribution in [-0.4, -0.2) is 29.6 Å². The third-order valence-electron chi connectivity index (χ3n) is 3.32. The van der Waals surface area contributed by atoms with Gasteiger partial charge in [-0.25, -0.2) is 4.79 Å². The van der Waals surface area contributed by atoms with Crippen LogP contribution >= 0.6 is 0 Å². The second kappa shape index (κ2) is 6.54. The Morgan fingerprint density at radius 2 is 2.11 bits per heavy atom. The first kappa shape index (κ1) is 13.8. The van der Waals surface area contributed by atoms with E-state index in [0.29, 0.717) is 5.92 Å². The summed E-state index contributed by atoms with van der Waals surface area (Å²) in [6.45, 7) is 4.90. The molecule has 104 valence electrons. The first-order chi connectivity index (χ1) is 9.19. The highest BCUT2D eigenvalue weighted by molar-refractivity contribution is 5.74. The van der Waals surface area contributed by atoms with Crippen LogP contribution in [0.2, 0.25) is 0 Å². The lowest BCUT2D eigenvalue weighted by Crippen LogP contribution is -2.24. The number of hydrogen-bond acceptors (Lipinski definition) is 3. The Balaban J connectivity index is 1.83. The van der Waals surface area contributed by atoms with Gasteiger partial charge >= 0.3 is 5.69 Å². The fourth-order valence-corrected chi connectivity index (χ4v) is 2.20. The molecular weight excluding hydrogens is 240 g/mol. The molecule has 0 spiro atoms. The average molecular weight is 262 g/mol. The fourth-order valence-electron chi connectivity index (χ4n) is 2.20. The molecule has 2 rings (SSSR count). The van der Waals surface area contributed by atoms with E-state index >= 15 is 0 Å². The van der Waals surface area contributed by atoms with Gasteiger partial charge in [-0.1, -0.05) is 13.0 Å². The quantitative estimate of drug-likeness (QED) is 0.561. The van der Waals surface area contributed by atoms with Crippen LogP contribution in [0.1, 0.15) is 18.9 Å². The number of H-pyrrole nitrogens is 2. The van der Waals surface area contributed by atoms with Gasteiger partial charge in [-0.05, 0) is 56.1 Å². The second-order valence-electron chi connectivity index (χ2n) is 5.10. The van der Waals surface area contributed by atoms with Gasteiger partial charge in [0.2, 0.25) is 0 Å². The fraction of sp³-hybridized carbons (Fsp3) is 0.500. The van der Waals surface area contributed by atoms with Crippen LogP contribution < -0.4 is 16.7 Å². The summed E-state index contributed by atoms with van der Waals surface area (Å²) in [6, 6.07) is 6.02. The summed E-state index contributed by atoms with van der Waals surface area (Å²) in [5.41, 5.74) is 8.33. The molecule has 5 heteroatoms. The minimum Gasteiger partial charge on any atom is -0.330 e. The Morgan fingerprint density at radius 1 is 1.32 bits per heavy atom. The Bertz CT molecular complexity index is 572. The smallest absolute Gasteiger partial charge is 0.323 e. The average Bonchev–Trinajstić information content (AvgIpc) is 2.74. The van der Waals surface area contributed by atoms with Crippen molar-refractivity contribution in [3.63, 3.8) is 0 Å². The molecule has 5 N–H and O–H groups in total.